The highest BCUT2D eigenvalue weighted by atomic mass is 32.2. The van der Waals surface area contributed by atoms with E-state index in [2.05, 4.69) is 4.98 Å². The Labute approximate surface area is 98.4 Å². The molecule has 0 unspecified atom stereocenters. The molecule has 1 heterocycles. The molecule has 1 amide bonds. The van der Waals surface area contributed by atoms with E-state index in [1.807, 2.05) is 12.3 Å². The molecule has 16 heavy (non-hydrogen) atoms. The summed E-state index contributed by atoms with van der Waals surface area (Å²) in [6.07, 6.45) is -4.36. The number of nitrogens with one attached hydrogen (secondary N) is 1. The largest absolute Gasteiger partial charge is 0.405 e. The normalized spacial score (nSPS) is 11.5. The highest BCUT2D eigenvalue weighted by molar-refractivity contribution is 8.01. The van der Waals surface area contributed by atoms with Gasteiger partial charge in [0.05, 0.1) is 5.75 Å². The fourth-order valence-corrected chi connectivity index (χ4v) is 2.46. The molecule has 3 nitrogen and oxygen atoms in total. The van der Waals surface area contributed by atoms with Crippen molar-refractivity contribution in [3.63, 3.8) is 0 Å². The summed E-state index contributed by atoms with van der Waals surface area (Å²) in [6, 6.07) is 0. The summed E-state index contributed by atoms with van der Waals surface area (Å²) in [7, 11) is 0. The van der Waals surface area contributed by atoms with Crippen LogP contribution >= 0.6 is 23.1 Å². The molecule has 0 fully saturated rings. The average molecular weight is 270 g/mol. The minimum Gasteiger partial charge on any atom is -0.346 e. The van der Waals surface area contributed by atoms with Crippen LogP contribution in [0.3, 0.4) is 0 Å². The van der Waals surface area contributed by atoms with Crippen molar-refractivity contribution in [1.29, 1.82) is 0 Å². The van der Waals surface area contributed by atoms with E-state index in [4.69, 9.17) is 0 Å². The number of alkyl halides is 3. The Bertz CT molecular complexity index is 364. The van der Waals surface area contributed by atoms with Gasteiger partial charge in [-0.1, -0.05) is 11.8 Å². The van der Waals surface area contributed by atoms with Crippen molar-refractivity contribution in [2.45, 2.75) is 17.4 Å². The lowest BCUT2D eigenvalue weighted by molar-refractivity contribution is -0.136. The molecule has 1 N–H and O–H groups in total. The first-order valence-electron chi connectivity index (χ1n) is 4.25. The van der Waals surface area contributed by atoms with Crippen LogP contribution in [0.5, 0.6) is 0 Å². The number of thiazole rings is 1. The van der Waals surface area contributed by atoms with Gasteiger partial charge in [-0.15, -0.1) is 11.3 Å². The standard InChI is InChI=1S/C8H9F3N2OS2/c1-5-2-15-7(13-5)16-3-6(14)12-4-8(9,10)11/h2H,3-4H2,1H3,(H,12,14). The van der Waals surface area contributed by atoms with Crippen LogP contribution in [-0.2, 0) is 4.79 Å². The van der Waals surface area contributed by atoms with Gasteiger partial charge >= 0.3 is 6.18 Å². The predicted octanol–water partition coefficient (Wildman–Crippen LogP) is 2.22. The number of carbonyl (C=O) groups excluding carboxylic acids is 1. The third kappa shape index (κ3) is 5.36. The first kappa shape index (κ1) is 13.3. The van der Waals surface area contributed by atoms with Crippen molar-refractivity contribution in [2.75, 3.05) is 12.3 Å². The van der Waals surface area contributed by atoms with Crippen LogP contribution < -0.4 is 5.32 Å². The zero-order valence-corrected chi connectivity index (χ0v) is 9.93. The van der Waals surface area contributed by atoms with Gasteiger partial charge in [-0.25, -0.2) is 4.98 Å². The Morgan fingerprint density at radius 2 is 2.31 bits per heavy atom. The number of halogens is 3. The molecule has 8 heteroatoms. The molecule has 0 aliphatic heterocycles. The maximum Gasteiger partial charge on any atom is 0.405 e. The summed E-state index contributed by atoms with van der Waals surface area (Å²) in [6.45, 7) is 0.521. The molecule has 0 spiro atoms. The summed E-state index contributed by atoms with van der Waals surface area (Å²) in [5.41, 5.74) is 0.836. The molecular formula is C8H9F3N2OS2. The Morgan fingerprint density at radius 1 is 1.62 bits per heavy atom. The number of hydrogen-bond donors (Lipinski definition) is 1. The second-order valence-electron chi connectivity index (χ2n) is 2.94. The summed E-state index contributed by atoms with van der Waals surface area (Å²) in [5.74, 6) is -0.696. The van der Waals surface area contributed by atoms with E-state index in [1.165, 1.54) is 11.3 Å². The predicted molar refractivity (Wildman–Crippen MR) is 56.6 cm³/mol. The number of thioether (sulfide) groups is 1. The second kappa shape index (κ2) is 5.53. The molecule has 0 saturated carbocycles. The number of hydrogen-bond acceptors (Lipinski definition) is 4. The van der Waals surface area contributed by atoms with Crippen LogP contribution in [0.25, 0.3) is 0 Å². The van der Waals surface area contributed by atoms with Gasteiger partial charge in [0.25, 0.3) is 0 Å². The number of rotatable bonds is 4. The molecule has 0 saturated heterocycles. The summed E-state index contributed by atoms with van der Waals surface area (Å²) < 4.78 is 35.9. The molecule has 0 aliphatic carbocycles. The van der Waals surface area contributed by atoms with Gasteiger partial charge in [-0.05, 0) is 6.92 Å². The highest BCUT2D eigenvalue weighted by Gasteiger charge is 2.27. The lowest BCUT2D eigenvalue weighted by atomic mass is 10.6. The van der Waals surface area contributed by atoms with Crippen LogP contribution in [-0.4, -0.2) is 29.4 Å². The van der Waals surface area contributed by atoms with E-state index in [9.17, 15) is 18.0 Å². The van der Waals surface area contributed by atoms with E-state index < -0.39 is 18.6 Å². The second-order valence-corrected chi connectivity index (χ2v) is 5.02. The lowest BCUT2D eigenvalue weighted by Gasteiger charge is -2.07. The molecular weight excluding hydrogens is 261 g/mol. The first-order chi connectivity index (χ1) is 7.37. The van der Waals surface area contributed by atoms with Crippen LogP contribution in [0.1, 0.15) is 5.69 Å². The summed E-state index contributed by atoms with van der Waals surface area (Å²) in [5, 5.41) is 3.61. The number of carbonyl (C=O) groups is 1. The minimum atomic E-state index is -4.36. The average Bonchev–Trinajstić information content (AvgIpc) is 2.57. The molecule has 1 aromatic heterocycles. The lowest BCUT2D eigenvalue weighted by Crippen LogP contribution is -2.34. The fourth-order valence-electron chi connectivity index (χ4n) is 0.776. The van der Waals surface area contributed by atoms with Crippen LogP contribution in [0, 0.1) is 6.92 Å². The van der Waals surface area contributed by atoms with E-state index in [1.54, 1.807) is 5.32 Å². The maximum absolute atomic E-state index is 11.8. The Hall–Kier alpha value is -0.760. The molecule has 0 aromatic carbocycles. The SMILES string of the molecule is Cc1csc(SCC(=O)NCC(F)(F)F)n1. The van der Waals surface area contributed by atoms with Gasteiger partial charge in [0, 0.05) is 11.1 Å². The van der Waals surface area contributed by atoms with Crippen LogP contribution in [0.4, 0.5) is 13.2 Å². The maximum atomic E-state index is 11.8. The van der Waals surface area contributed by atoms with Crippen molar-refractivity contribution in [2.24, 2.45) is 0 Å². The fraction of sp³-hybridized carbons (Fsp3) is 0.500. The van der Waals surface area contributed by atoms with Crippen molar-refractivity contribution in [3.8, 4) is 0 Å². The zero-order chi connectivity index (χ0) is 12.2. The van der Waals surface area contributed by atoms with E-state index >= 15 is 0 Å². The number of aromatic nitrogens is 1. The smallest absolute Gasteiger partial charge is 0.346 e. The molecule has 90 valence electrons. The van der Waals surface area contributed by atoms with Crippen molar-refractivity contribution < 1.29 is 18.0 Å². The monoisotopic (exact) mass is 270 g/mol. The van der Waals surface area contributed by atoms with E-state index in [-0.39, 0.29) is 5.75 Å². The Morgan fingerprint density at radius 3 is 2.81 bits per heavy atom. The quantitative estimate of drug-likeness (QED) is 0.853. The summed E-state index contributed by atoms with van der Waals surface area (Å²) in [4.78, 5) is 15.1. The third-order valence-corrected chi connectivity index (χ3v) is 3.55. The van der Waals surface area contributed by atoms with Crippen molar-refractivity contribution in [3.05, 3.63) is 11.1 Å². The van der Waals surface area contributed by atoms with Gasteiger partial charge in [-0.2, -0.15) is 13.2 Å². The molecule has 1 rings (SSSR count). The molecule has 1 aromatic rings. The van der Waals surface area contributed by atoms with Crippen molar-refractivity contribution in [1.82, 2.24) is 10.3 Å². The molecule has 0 radical (unpaired) electrons. The first-order valence-corrected chi connectivity index (χ1v) is 6.12. The van der Waals surface area contributed by atoms with E-state index in [0.717, 1.165) is 17.5 Å². The topological polar surface area (TPSA) is 42.0 Å². The van der Waals surface area contributed by atoms with E-state index in [0.29, 0.717) is 4.34 Å². The number of amides is 1. The number of nitrogens with zero attached hydrogens (tertiary/aromatic N) is 1. The Kier molecular flexibility index (Phi) is 4.60. The summed E-state index contributed by atoms with van der Waals surface area (Å²) >= 11 is 2.49. The number of aryl methyl sites for hydroxylation is 1. The third-order valence-electron chi connectivity index (χ3n) is 1.41. The highest BCUT2D eigenvalue weighted by Crippen LogP contribution is 2.21. The van der Waals surface area contributed by atoms with Crippen LogP contribution in [0.15, 0.2) is 9.72 Å². The van der Waals surface area contributed by atoms with Crippen molar-refractivity contribution >= 4 is 29.0 Å². The Balaban J connectivity index is 2.25. The zero-order valence-electron chi connectivity index (χ0n) is 8.30. The molecule has 0 atom stereocenters. The van der Waals surface area contributed by atoms with Gasteiger partial charge in [0.15, 0.2) is 4.34 Å². The molecule has 0 aliphatic rings. The minimum absolute atomic E-state index is 0.0525. The van der Waals surface area contributed by atoms with Gasteiger partial charge in [0.2, 0.25) is 5.91 Å². The van der Waals surface area contributed by atoms with Crippen LogP contribution in [0.2, 0.25) is 0 Å². The van der Waals surface area contributed by atoms with Gasteiger partial charge < -0.3 is 5.32 Å². The van der Waals surface area contributed by atoms with Gasteiger partial charge in [-0.3, -0.25) is 4.79 Å². The van der Waals surface area contributed by atoms with Gasteiger partial charge in [0.1, 0.15) is 6.54 Å². The molecule has 0 bridgehead atoms.